The maximum absolute atomic E-state index is 13.1. The Hall–Kier alpha value is -4.29. The number of benzene rings is 2. The van der Waals surface area contributed by atoms with Gasteiger partial charge in [-0.25, -0.2) is 9.78 Å². The minimum Gasteiger partial charge on any atom is -0.488 e. The molecule has 0 aliphatic heterocycles. The number of carbonyl (C=O) groups is 2. The summed E-state index contributed by atoms with van der Waals surface area (Å²) in [5, 5.41) is 10.8. The molecule has 0 saturated carbocycles. The average molecular weight is 539 g/mol. The molecule has 2 aromatic carbocycles. The summed E-state index contributed by atoms with van der Waals surface area (Å²) in [6, 6.07) is 11.9. The summed E-state index contributed by atoms with van der Waals surface area (Å²) in [5.74, 6) is 1.25. The number of ether oxygens (including phenoxy) is 4. The first kappa shape index (κ1) is 26.8. The SMILES string of the molecule is CCOC(=O)c1cnc(NC(=O)c2cc(Oc3ccc(-c4nnc(C)o4)cc3)cc(OC(C)COC)c2)s1. The van der Waals surface area contributed by atoms with Crippen LogP contribution in [-0.4, -0.2) is 53.5 Å². The van der Waals surface area contributed by atoms with E-state index in [0.29, 0.717) is 35.6 Å². The fourth-order valence-electron chi connectivity index (χ4n) is 3.34. The number of methoxy groups -OCH3 is 1. The van der Waals surface area contributed by atoms with E-state index in [4.69, 9.17) is 23.4 Å². The van der Waals surface area contributed by atoms with Crippen LogP contribution in [0.3, 0.4) is 0 Å². The Morgan fingerprint density at radius 1 is 1.08 bits per heavy atom. The molecule has 198 valence electrons. The Balaban J connectivity index is 1.55. The van der Waals surface area contributed by atoms with Crippen LogP contribution >= 0.6 is 11.3 Å². The molecule has 0 saturated heterocycles. The predicted octanol–water partition coefficient (Wildman–Crippen LogP) is 5.14. The van der Waals surface area contributed by atoms with Crippen molar-refractivity contribution >= 4 is 28.3 Å². The minimum atomic E-state index is -0.496. The van der Waals surface area contributed by atoms with Crippen LogP contribution in [0, 0.1) is 6.92 Å². The molecule has 12 heteroatoms. The lowest BCUT2D eigenvalue weighted by molar-refractivity contribution is 0.0531. The number of hydrogen-bond acceptors (Lipinski definition) is 11. The van der Waals surface area contributed by atoms with Crippen molar-refractivity contribution in [2.45, 2.75) is 26.9 Å². The predicted molar refractivity (Wildman–Crippen MR) is 139 cm³/mol. The molecular formula is C26H26N4O7S. The van der Waals surface area contributed by atoms with E-state index in [0.717, 1.165) is 16.9 Å². The molecule has 0 fully saturated rings. The second-order valence-corrected chi connectivity index (χ2v) is 9.06. The van der Waals surface area contributed by atoms with Crippen molar-refractivity contribution in [2.24, 2.45) is 0 Å². The van der Waals surface area contributed by atoms with Crippen LogP contribution in [0.2, 0.25) is 0 Å². The smallest absolute Gasteiger partial charge is 0.350 e. The molecule has 2 aromatic heterocycles. The number of rotatable bonds is 11. The van der Waals surface area contributed by atoms with E-state index in [9.17, 15) is 9.59 Å². The summed E-state index contributed by atoms with van der Waals surface area (Å²) >= 11 is 1.02. The summed E-state index contributed by atoms with van der Waals surface area (Å²) in [6.45, 7) is 5.89. The lowest BCUT2D eigenvalue weighted by atomic mass is 10.1. The van der Waals surface area contributed by atoms with E-state index in [1.807, 2.05) is 6.92 Å². The zero-order chi connectivity index (χ0) is 27.1. The van der Waals surface area contributed by atoms with Gasteiger partial charge in [-0.3, -0.25) is 10.1 Å². The van der Waals surface area contributed by atoms with E-state index in [-0.39, 0.29) is 28.3 Å². The van der Waals surface area contributed by atoms with Crippen molar-refractivity contribution in [3.8, 4) is 28.7 Å². The number of aryl methyl sites for hydroxylation is 1. The van der Waals surface area contributed by atoms with Gasteiger partial charge in [0, 0.05) is 31.2 Å². The van der Waals surface area contributed by atoms with Gasteiger partial charge in [-0.15, -0.1) is 10.2 Å². The van der Waals surface area contributed by atoms with E-state index in [2.05, 4.69) is 20.5 Å². The van der Waals surface area contributed by atoms with E-state index < -0.39 is 11.9 Å². The summed E-state index contributed by atoms with van der Waals surface area (Å²) in [7, 11) is 1.58. The van der Waals surface area contributed by atoms with Crippen LogP contribution in [0.5, 0.6) is 17.2 Å². The second-order valence-electron chi connectivity index (χ2n) is 8.03. The third-order valence-electron chi connectivity index (χ3n) is 4.95. The van der Waals surface area contributed by atoms with Crippen molar-refractivity contribution in [1.82, 2.24) is 15.2 Å². The van der Waals surface area contributed by atoms with Crippen molar-refractivity contribution in [3.05, 3.63) is 65.0 Å². The zero-order valence-corrected chi connectivity index (χ0v) is 22.0. The van der Waals surface area contributed by atoms with E-state index in [1.165, 1.54) is 6.20 Å². The van der Waals surface area contributed by atoms with Crippen molar-refractivity contribution in [1.29, 1.82) is 0 Å². The summed E-state index contributed by atoms with van der Waals surface area (Å²) < 4.78 is 27.5. The van der Waals surface area contributed by atoms with Gasteiger partial charge >= 0.3 is 5.97 Å². The van der Waals surface area contributed by atoms with Crippen LogP contribution in [-0.2, 0) is 9.47 Å². The molecule has 1 atom stereocenters. The molecule has 0 aliphatic carbocycles. The first-order valence-corrected chi connectivity index (χ1v) is 12.5. The maximum Gasteiger partial charge on any atom is 0.350 e. The number of nitrogens with one attached hydrogen (secondary N) is 1. The highest BCUT2D eigenvalue weighted by molar-refractivity contribution is 7.17. The standard InChI is InChI=1S/C26H26N4O7S/c1-5-34-25(32)22-13-27-26(38-22)28-23(31)18-10-20(35-15(2)14-33-4)12-21(11-18)37-19-8-6-17(7-9-19)24-30-29-16(3)36-24/h6-13,15H,5,14H2,1-4H3,(H,27,28,31). The van der Waals surface area contributed by atoms with Gasteiger partial charge in [-0.2, -0.15) is 0 Å². The van der Waals surface area contributed by atoms with Crippen LogP contribution in [0.4, 0.5) is 5.13 Å². The third kappa shape index (κ3) is 6.93. The number of hydrogen-bond donors (Lipinski definition) is 1. The van der Waals surface area contributed by atoms with Gasteiger partial charge in [0.05, 0.1) is 19.4 Å². The lowest BCUT2D eigenvalue weighted by Gasteiger charge is -2.16. The molecule has 1 amide bonds. The number of carbonyl (C=O) groups excluding carboxylic acids is 2. The Kier molecular flexibility index (Phi) is 8.66. The zero-order valence-electron chi connectivity index (χ0n) is 21.2. The van der Waals surface area contributed by atoms with Gasteiger partial charge in [0.2, 0.25) is 11.8 Å². The van der Waals surface area contributed by atoms with Gasteiger partial charge in [0.15, 0.2) is 5.13 Å². The van der Waals surface area contributed by atoms with Crippen LogP contribution in [0.15, 0.2) is 53.1 Å². The number of nitrogens with zero attached hydrogens (tertiary/aromatic N) is 3. The van der Waals surface area contributed by atoms with E-state index in [1.54, 1.807) is 63.4 Å². The Morgan fingerprint density at radius 2 is 1.84 bits per heavy atom. The molecule has 11 nitrogen and oxygen atoms in total. The molecule has 0 aliphatic rings. The van der Waals surface area contributed by atoms with Gasteiger partial charge in [0.25, 0.3) is 5.91 Å². The molecule has 2 heterocycles. The highest BCUT2D eigenvalue weighted by Crippen LogP contribution is 2.30. The number of thiazole rings is 1. The minimum absolute atomic E-state index is 0.245. The first-order valence-electron chi connectivity index (χ1n) is 11.7. The number of anilines is 1. The Labute approximate surface area is 222 Å². The van der Waals surface area contributed by atoms with Gasteiger partial charge in [-0.1, -0.05) is 11.3 Å². The van der Waals surface area contributed by atoms with Gasteiger partial charge in [-0.05, 0) is 50.2 Å². The average Bonchev–Trinajstić information content (AvgIpc) is 3.54. The van der Waals surface area contributed by atoms with Crippen molar-refractivity contribution in [3.63, 3.8) is 0 Å². The number of aromatic nitrogens is 3. The largest absolute Gasteiger partial charge is 0.488 e. The molecule has 0 radical (unpaired) electrons. The molecule has 0 bridgehead atoms. The van der Waals surface area contributed by atoms with Crippen molar-refractivity contribution in [2.75, 3.05) is 25.6 Å². The highest BCUT2D eigenvalue weighted by atomic mass is 32.1. The summed E-state index contributed by atoms with van der Waals surface area (Å²) in [5.41, 5.74) is 1.02. The normalized spacial score (nSPS) is 11.6. The molecule has 38 heavy (non-hydrogen) atoms. The number of amides is 1. The van der Waals surface area contributed by atoms with Gasteiger partial charge in [0.1, 0.15) is 28.2 Å². The molecule has 4 aromatic rings. The summed E-state index contributed by atoms with van der Waals surface area (Å²) in [6.07, 6.45) is 1.09. The monoisotopic (exact) mass is 538 g/mol. The second kappa shape index (κ2) is 12.3. The molecular weight excluding hydrogens is 512 g/mol. The van der Waals surface area contributed by atoms with Crippen LogP contribution in [0.25, 0.3) is 11.5 Å². The maximum atomic E-state index is 13.1. The fraction of sp³-hybridized carbons (Fsp3) is 0.269. The van der Waals surface area contributed by atoms with Crippen molar-refractivity contribution < 1.29 is 33.0 Å². The lowest BCUT2D eigenvalue weighted by Crippen LogP contribution is -2.18. The summed E-state index contributed by atoms with van der Waals surface area (Å²) in [4.78, 5) is 29.4. The van der Waals surface area contributed by atoms with Crippen LogP contribution in [0.1, 0.15) is 39.8 Å². The number of esters is 1. The Bertz CT molecular complexity index is 1400. The third-order valence-corrected chi connectivity index (χ3v) is 5.84. The fourth-order valence-corrected chi connectivity index (χ4v) is 4.05. The molecule has 1 unspecified atom stereocenters. The van der Waals surface area contributed by atoms with Crippen LogP contribution < -0.4 is 14.8 Å². The molecule has 4 rings (SSSR count). The first-order chi connectivity index (χ1) is 18.3. The highest BCUT2D eigenvalue weighted by Gasteiger charge is 2.17. The Morgan fingerprint density at radius 3 is 2.53 bits per heavy atom. The van der Waals surface area contributed by atoms with Gasteiger partial charge < -0.3 is 23.4 Å². The molecule has 1 N–H and O–H groups in total. The van der Waals surface area contributed by atoms with E-state index >= 15 is 0 Å². The molecule has 0 spiro atoms. The topological polar surface area (TPSA) is 135 Å². The quantitative estimate of drug-likeness (QED) is 0.256.